The zero-order chi connectivity index (χ0) is 12.4. The van der Waals surface area contributed by atoms with Gasteiger partial charge in [-0.25, -0.2) is 9.97 Å². The van der Waals surface area contributed by atoms with E-state index in [1.165, 1.54) is 6.20 Å². The molecule has 0 spiro atoms. The molecule has 0 fully saturated rings. The number of halogens is 2. The van der Waals surface area contributed by atoms with E-state index in [0.717, 1.165) is 12.1 Å². The van der Waals surface area contributed by atoms with Crippen LogP contribution in [-0.4, -0.2) is 20.2 Å². The third-order valence-corrected chi connectivity index (χ3v) is 3.16. The molecular formula is C11H12Cl2N4. The van der Waals surface area contributed by atoms with Crippen LogP contribution in [0.1, 0.15) is 31.9 Å². The van der Waals surface area contributed by atoms with Gasteiger partial charge >= 0.3 is 0 Å². The van der Waals surface area contributed by atoms with Crippen molar-refractivity contribution < 1.29 is 0 Å². The van der Waals surface area contributed by atoms with Crippen LogP contribution in [0.25, 0.3) is 11.4 Å². The highest BCUT2D eigenvalue weighted by atomic mass is 35.5. The Morgan fingerprint density at radius 1 is 1.41 bits per heavy atom. The molecule has 2 aromatic heterocycles. The van der Waals surface area contributed by atoms with Gasteiger partial charge in [-0.3, -0.25) is 5.10 Å². The van der Waals surface area contributed by atoms with Gasteiger partial charge in [0.2, 0.25) is 5.28 Å². The van der Waals surface area contributed by atoms with Crippen LogP contribution < -0.4 is 0 Å². The second kappa shape index (κ2) is 5.02. The van der Waals surface area contributed by atoms with Crippen LogP contribution in [0.15, 0.2) is 12.3 Å². The monoisotopic (exact) mass is 270 g/mol. The molecule has 90 valence electrons. The summed E-state index contributed by atoms with van der Waals surface area (Å²) in [5.74, 6) is 0.423. The summed E-state index contributed by atoms with van der Waals surface area (Å²) < 4.78 is 0. The lowest BCUT2D eigenvalue weighted by atomic mass is 10.1. The van der Waals surface area contributed by atoms with Gasteiger partial charge in [0.1, 0.15) is 11.4 Å². The number of rotatable bonds is 3. The quantitative estimate of drug-likeness (QED) is 0.866. The van der Waals surface area contributed by atoms with Crippen molar-refractivity contribution in [2.24, 2.45) is 0 Å². The summed E-state index contributed by atoms with van der Waals surface area (Å²) in [6.45, 7) is 4.26. The molecule has 1 N–H and O–H groups in total. The smallest absolute Gasteiger partial charge is 0.223 e. The summed E-state index contributed by atoms with van der Waals surface area (Å²) in [6, 6.07) is 1.94. The fraction of sp³-hybridized carbons (Fsp3) is 0.364. The molecule has 0 aromatic carbocycles. The van der Waals surface area contributed by atoms with Crippen LogP contribution >= 0.6 is 23.2 Å². The predicted octanol–water partition coefficient (Wildman–Crippen LogP) is 3.69. The molecule has 4 nitrogen and oxygen atoms in total. The third-order valence-electron chi connectivity index (χ3n) is 2.70. The largest absolute Gasteiger partial charge is 0.282 e. The van der Waals surface area contributed by atoms with E-state index in [9.17, 15) is 0 Å². The van der Waals surface area contributed by atoms with Crippen molar-refractivity contribution in [3.05, 3.63) is 28.3 Å². The number of nitrogens with one attached hydrogen (secondary N) is 1. The number of hydrogen-bond acceptors (Lipinski definition) is 3. The number of aromatic amines is 1. The van der Waals surface area contributed by atoms with Crippen LogP contribution in [-0.2, 0) is 0 Å². The number of hydrogen-bond donors (Lipinski definition) is 1. The number of H-pyrrole nitrogens is 1. The number of nitrogens with zero attached hydrogens (tertiary/aromatic N) is 3. The van der Waals surface area contributed by atoms with Gasteiger partial charge in [0.25, 0.3) is 0 Å². The van der Waals surface area contributed by atoms with E-state index in [1.54, 1.807) is 0 Å². The molecule has 17 heavy (non-hydrogen) atoms. The molecule has 0 aliphatic carbocycles. The molecule has 0 aliphatic rings. The highest BCUT2D eigenvalue weighted by molar-refractivity contribution is 6.33. The zero-order valence-electron chi connectivity index (χ0n) is 9.54. The molecule has 2 rings (SSSR count). The van der Waals surface area contributed by atoms with Gasteiger partial charge < -0.3 is 0 Å². The highest BCUT2D eigenvalue weighted by Gasteiger charge is 2.13. The van der Waals surface area contributed by atoms with Gasteiger partial charge in [0, 0.05) is 5.69 Å². The van der Waals surface area contributed by atoms with Crippen molar-refractivity contribution in [1.29, 1.82) is 0 Å². The minimum absolute atomic E-state index is 0.164. The van der Waals surface area contributed by atoms with Crippen molar-refractivity contribution in [2.75, 3.05) is 0 Å². The normalized spacial score (nSPS) is 12.7. The Bertz CT molecular complexity index is 524. The second-order valence-electron chi connectivity index (χ2n) is 3.85. The molecule has 0 bridgehead atoms. The Labute approximate surface area is 109 Å². The second-order valence-corrected chi connectivity index (χ2v) is 4.60. The summed E-state index contributed by atoms with van der Waals surface area (Å²) in [6.07, 6.45) is 2.52. The molecule has 0 radical (unpaired) electrons. The first kappa shape index (κ1) is 12.3. The fourth-order valence-corrected chi connectivity index (χ4v) is 1.78. The van der Waals surface area contributed by atoms with Crippen molar-refractivity contribution in [1.82, 2.24) is 20.2 Å². The molecule has 0 saturated heterocycles. The van der Waals surface area contributed by atoms with Crippen LogP contribution in [0, 0.1) is 0 Å². The van der Waals surface area contributed by atoms with E-state index in [4.69, 9.17) is 23.2 Å². The molecule has 1 atom stereocenters. The van der Waals surface area contributed by atoms with Gasteiger partial charge in [-0.15, -0.1) is 0 Å². The Morgan fingerprint density at radius 3 is 2.88 bits per heavy atom. The maximum Gasteiger partial charge on any atom is 0.223 e. The van der Waals surface area contributed by atoms with Crippen LogP contribution in [0.3, 0.4) is 0 Å². The first-order valence-corrected chi connectivity index (χ1v) is 6.11. The molecule has 2 heterocycles. The molecule has 1 unspecified atom stereocenters. The zero-order valence-corrected chi connectivity index (χ0v) is 11.0. The van der Waals surface area contributed by atoms with Crippen LogP contribution in [0.5, 0.6) is 0 Å². The molecule has 0 saturated carbocycles. The van der Waals surface area contributed by atoms with Crippen molar-refractivity contribution in [2.45, 2.75) is 26.2 Å². The summed E-state index contributed by atoms with van der Waals surface area (Å²) in [5.41, 5.74) is 2.31. The molecule has 6 heteroatoms. The van der Waals surface area contributed by atoms with E-state index in [-0.39, 0.29) is 5.28 Å². The van der Waals surface area contributed by atoms with Gasteiger partial charge in [-0.2, -0.15) is 5.10 Å². The average molecular weight is 271 g/mol. The fourth-order valence-electron chi connectivity index (χ4n) is 1.46. The average Bonchev–Trinajstić information content (AvgIpc) is 2.80. The topological polar surface area (TPSA) is 54.5 Å². The van der Waals surface area contributed by atoms with Crippen molar-refractivity contribution in [3.63, 3.8) is 0 Å². The first-order chi connectivity index (χ1) is 8.11. The van der Waals surface area contributed by atoms with Gasteiger partial charge in [-0.1, -0.05) is 25.4 Å². The summed E-state index contributed by atoms with van der Waals surface area (Å²) in [7, 11) is 0. The van der Waals surface area contributed by atoms with Gasteiger partial charge in [0.15, 0.2) is 0 Å². The minimum atomic E-state index is 0.164. The minimum Gasteiger partial charge on any atom is -0.282 e. The maximum absolute atomic E-state index is 6.02. The Kier molecular flexibility index (Phi) is 3.64. The Morgan fingerprint density at radius 2 is 2.18 bits per heavy atom. The Balaban J connectivity index is 2.40. The standard InChI is InChI=1S/C11H12Cl2N4/c1-3-6(2)8-4-9(17-16-8)10-7(12)5-14-11(13)15-10/h4-6H,3H2,1-2H3,(H,16,17). The predicted molar refractivity (Wildman–Crippen MR) is 68.3 cm³/mol. The third kappa shape index (κ3) is 2.58. The van der Waals surface area contributed by atoms with Crippen molar-refractivity contribution in [3.8, 4) is 11.4 Å². The molecule has 0 aliphatic heterocycles. The van der Waals surface area contributed by atoms with Gasteiger partial charge in [0.05, 0.1) is 11.2 Å². The molecular weight excluding hydrogens is 259 g/mol. The maximum atomic E-state index is 6.02. The number of aromatic nitrogens is 4. The summed E-state index contributed by atoms with van der Waals surface area (Å²) in [5, 5.41) is 7.79. The molecule has 2 aromatic rings. The van der Waals surface area contributed by atoms with Crippen molar-refractivity contribution >= 4 is 23.2 Å². The summed E-state index contributed by atoms with van der Waals surface area (Å²) >= 11 is 11.8. The first-order valence-electron chi connectivity index (χ1n) is 5.35. The lowest BCUT2D eigenvalue weighted by Crippen LogP contribution is -1.90. The van der Waals surface area contributed by atoms with E-state index >= 15 is 0 Å². The SMILES string of the molecule is CCC(C)c1cc(-c2nc(Cl)ncc2Cl)n[nH]1. The lowest BCUT2D eigenvalue weighted by Gasteiger charge is -2.02. The lowest BCUT2D eigenvalue weighted by molar-refractivity contribution is 0.703. The van der Waals surface area contributed by atoms with E-state index in [0.29, 0.717) is 22.3 Å². The molecule has 0 amide bonds. The summed E-state index contributed by atoms with van der Waals surface area (Å²) in [4.78, 5) is 7.89. The van der Waals surface area contributed by atoms with Crippen LogP contribution in [0.4, 0.5) is 0 Å². The highest BCUT2D eigenvalue weighted by Crippen LogP contribution is 2.27. The van der Waals surface area contributed by atoms with Crippen LogP contribution in [0.2, 0.25) is 10.3 Å². The Hall–Kier alpha value is -1.13. The van der Waals surface area contributed by atoms with Gasteiger partial charge in [-0.05, 0) is 30.0 Å². The van der Waals surface area contributed by atoms with E-state index in [1.807, 2.05) is 6.07 Å². The van der Waals surface area contributed by atoms with E-state index < -0.39 is 0 Å². The van der Waals surface area contributed by atoms with E-state index in [2.05, 4.69) is 34.0 Å².